The molecule has 0 saturated carbocycles. The molecule has 0 aliphatic carbocycles. The number of hydrogen-bond donors (Lipinski definition) is 1. The number of hydrogen-bond acceptors (Lipinski definition) is 5. The Labute approximate surface area is 158 Å². The summed E-state index contributed by atoms with van der Waals surface area (Å²) in [6.07, 6.45) is 1.35. The Morgan fingerprint density at radius 1 is 1.33 bits per heavy atom. The van der Waals surface area contributed by atoms with Crippen LogP contribution in [0.15, 0.2) is 30.3 Å². The minimum Gasteiger partial charge on any atom is -0.480 e. The number of carboxylic acids is 1. The van der Waals surface area contributed by atoms with E-state index >= 15 is 0 Å². The van der Waals surface area contributed by atoms with Crippen LogP contribution in [0, 0.1) is 0 Å². The second-order valence-electron chi connectivity index (χ2n) is 7.19. The molecule has 2 aliphatic rings. The highest BCUT2D eigenvalue weighted by Crippen LogP contribution is 2.42. The maximum absolute atomic E-state index is 12.9. The molecule has 3 atom stereocenters. The highest BCUT2D eigenvalue weighted by atomic mass is 32.2. The van der Waals surface area contributed by atoms with Crippen molar-refractivity contribution in [2.24, 2.45) is 0 Å². The number of ether oxygens (including phenoxy) is 1. The van der Waals surface area contributed by atoms with Gasteiger partial charge in [0.2, 0.25) is 15.9 Å². The van der Waals surface area contributed by atoms with Crippen LogP contribution < -0.4 is 0 Å². The molecule has 2 aliphatic heterocycles. The molecule has 2 heterocycles. The number of rotatable bonds is 7. The third-order valence-corrected chi connectivity index (χ3v) is 6.64. The summed E-state index contributed by atoms with van der Waals surface area (Å²) in [5, 5.41) is 9.65. The normalized spacial score (nSPS) is 25.4. The number of carboxylic acid groups (broad SMARTS) is 1. The first-order valence-electron chi connectivity index (χ1n) is 8.84. The van der Waals surface area contributed by atoms with E-state index in [0.717, 1.165) is 11.8 Å². The molecule has 2 saturated heterocycles. The smallest absolute Gasteiger partial charge is 0.329 e. The minimum atomic E-state index is -3.53. The maximum Gasteiger partial charge on any atom is 0.329 e. The molecule has 148 valence electrons. The van der Waals surface area contributed by atoms with Crippen LogP contribution in [0.2, 0.25) is 0 Å². The Morgan fingerprint density at radius 3 is 2.56 bits per heavy atom. The van der Waals surface area contributed by atoms with E-state index < -0.39 is 39.6 Å². The maximum atomic E-state index is 12.9. The summed E-state index contributed by atoms with van der Waals surface area (Å²) in [7, 11) is -3.53. The number of nitrogens with zero attached hydrogens (tertiary/aromatic N) is 2. The molecule has 2 fully saturated rings. The highest BCUT2D eigenvalue weighted by molar-refractivity contribution is 7.88. The first-order valence-corrected chi connectivity index (χ1v) is 10.7. The quantitative estimate of drug-likeness (QED) is 0.680. The van der Waals surface area contributed by atoms with Crippen LogP contribution in [-0.4, -0.2) is 71.6 Å². The lowest BCUT2D eigenvalue weighted by Crippen LogP contribution is -2.76. The number of likely N-dealkylation sites (tertiary alicyclic amines) is 1. The Hall–Kier alpha value is -1.97. The van der Waals surface area contributed by atoms with Crippen LogP contribution in [0.25, 0.3) is 0 Å². The van der Waals surface area contributed by atoms with Crippen molar-refractivity contribution in [1.82, 2.24) is 9.21 Å². The van der Waals surface area contributed by atoms with Crippen molar-refractivity contribution < 1.29 is 27.9 Å². The van der Waals surface area contributed by atoms with Gasteiger partial charge >= 0.3 is 5.97 Å². The summed E-state index contributed by atoms with van der Waals surface area (Å²) >= 11 is 0. The summed E-state index contributed by atoms with van der Waals surface area (Å²) in [6, 6.07) is 8.18. The highest BCUT2D eigenvalue weighted by Gasteiger charge is 2.63. The molecule has 0 bridgehead atoms. The predicted molar refractivity (Wildman–Crippen MR) is 97.3 cm³/mol. The fourth-order valence-corrected chi connectivity index (χ4v) is 5.33. The van der Waals surface area contributed by atoms with Crippen molar-refractivity contribution in [2.45, 2.75) is 44.1 Å². The Morgan fingerprint density at radius 2 is 2.00 bits per heavy atom. The van der Waals surface area contributed by atoms with E-state index in [2.05, 4.69) is 0 Å². The summed E-state index contributed by atoms with van der Waals surface area (Å²) < 4.78 is 30.9. The molecule has 1 aromatic carbocycles. The van der Waals surface area contributed by atoms with Gasteiger partial charge in [0.1, 0.15) is 5.54 Å². The second-order valence-corrected chi connectivity index (χ2v) is 9.09. The summed E-state index contributed by atoms with van der Waals surface area (Å²) in [5.41, 5.74) is -0.223. The third-order valence-electron chi connectivity index (χ3n) is 5.31. The topological polar surface area (TPSA) is 104 Å². The zero-order valence-corrected chi connectivity index (χ0v) is 16.2. The first-order chi connectivity index (χ1) is 12.7. The van der Waals surface area contributed by atoms with Crippen molar-refractivity contribution in [3.8, 4) is 0 Å². The van der Waals surface area contributed by atoms with Gasteiger partial charge in [0.25, 0.3) is 0 Å². The third kappa shape index (κ3) is 3.59. The van der Waals surface area contributed by atoms with E-state index in [1.807, 2.05) is 30.3 Å². The monoisotopic (exact) mass is 396 g/mol. The number of carbonyl (C=O) groups is 2. The largest absolute Gasteiger partial charge is 0.480 e. The summed E-state index contributed by atoms with van der Waals surface area (Å²) in [5.74, 6) is -1.62. The lowest BCUT2D eigenvalue weighted by atomic mass is 9.84. The molecule has 1 N–H and O–H groups in total. The van der Waals surface area contributed by atoms with Crippen LogP contribution in [0.5, 0.6) is 0 Å². The van der Waals surface area contributed by atoms with Crippen molar-refractivity contribution in [2.75, 3.05) is 19.3 Å². The van der Waals surface area contributed by atoms with Gasteiger partial charge in [-0.1, -0.05) is 30.3 Å². The molecule has 0 aromatic heterocycles. The van der Waals surface area contributed by atoms with Gasteiger partial charge in [0.05, 0.1) is 25.5 Å². The summed E-state index contributed by atoms with van der Waals surface area (Å²) in [4.78, 5) is 25.9. The van der Waals surface area contributed by atoms with Crippen LogP contribution >= 0.6 is 0 Å². The molecule has 1 spiro atoms. The Kier molecular flexibility index (Phi) is 5.29. The SMILES string of the molecule is C[C@@H](OCc1ccccc1)[C@@H](C(=O)O)N1CC2(CCCN2S(C)(=O)=O)C1=O. The molecule has 0 radical (unpaired) electrons. The Balaban J connectivity index is 1.71. The number of aliphatic carboxylic acids is 1. The average Bonchev–Trinajstić information content (AvgIpc) is 3.07. The molecular weight excluding hydrogens is 372 g/mol. The molecule has 1 amide bonds. The molecule has 3 rings (SSSR count). The lowest BCUT2D eigenvalue weighted by molar-refractivity contribution is -0.176. The van der Waals surface area contributed by atoms with Gasteiger partial charge in [0.15, 0.2) is 6.04 Å². The van der Waals surface area contributed by atoms with E-state index in [-0.39, 0.29) is 19.7 Å². The van der Waals surface area contributed by atoms with Gasteiger partial charge < -0.3 is 14.7 Å². The predicted octanol–water partition coefficient (Wildman–Crippen LogP) is 0.681. The van der Waals surface area contributed by atoms with Gasteiger partial charge in [0, 0.05) is 6.54 Å². The van der Waals surface area contributed by atoms with E-state index in [1.54, 1.807) is 6.92 Å². The molecule has 9 heteroatoms. The second kappa shape index (κ2) is 7.21. The van der Waals surface area contributed by atoms with Gasteiger partial charge in [-0.3, -0.25) is 4.79 Å². The fraction of sp³-hybridized carbons (Fsp3) is 0.556. The molecular formula is C18H24N2O6S. The number of amides is 1. The van der Waals surface area contributed by atoms with E-state index in [4.69, 9.17) is 4.74 Å². The first kappa shape index (κ1) is 19.8. The van der Waals surface area contributed by atoms with Crippen molar-refractivity contribution >= 4 is 21.9 Å². The zero-order valence-electron chi connectivity index (χ0n) is 15.4. The number of sulfonamides is 1. The molecule has 8 nitrogen and oxygen atoms in total. The number of β-lactam (4-membered cyclic amide) rings is 1. The number of carbonyl (C=O) groups excluding carboxylic acids is 1. The molecule has 27 heavy (non-hydrogen) atoms. The van der Waals surface area contributed by atoms with Gasteiger partial charge in [-0.05, 0) is 25.3 Å². The number of benzene rings is 1. The van der Waals surface area contributed by atoms with Gasteiger partial charge in [-0.2, -0.15) is 4.31 Å². The average molecular weight is 396 g/mol. The van der Waals surface area contributed by atoms with E-state index in [0.29, 0.717) is 12.8 Å². The van der Waals surface area contributed by atoms with Crippen LogP contribution in [-0.2, 0) is 31.0 Å². The van der Waals surface area contributed by atoms with Crippen LogP contribution in [0.4, 0.5) is 0 Å². The zero-order chi connectivity index (χ0) is 19.8. The van der Waals surface area contributed by atoms with E-state index in [1.165, 1.54) is 9.21 Å². The van der Waals surface area contributed by atoms with Gasteiger partial charge in [-0.15, -0.1) is 0 Å². The van der Waals surface area contributed by atoms with Crippen LogP contribution in [0.3, 0.4) is 0 Å². The Bertz CT molecular complexity index is 828. The standard InChI is InChI=1S/C18H24N2O6S/c1-13(26-11-14-7-4-3-5-8-14)15(16(21)22)19-12-18(17(19)23)9-6-10-20(18)27(2,24)25/h3-5,7-8,13,15H,6,9-12H2,1-2H3,(H,21,22)/t13-,15+,18?/m1/s1. The van der Waals surface area contributed by atoms with Crippen LogP contribution in [0.1, 0.15) is 25.3 Å². The lowest BCUT2D eigenvalue weighted by Gasteiger charge is -2.52. The van der Waals surface area contributed by atoms with Crippen molar-refractivity contribution in [3.63, 3.8) is 0 Å². The van der Waals surface area contributed by atoms with Crippen molar-refractivity contribution in [1.29, 1.82) is 0 Å². The summed E-state index contributed by atoms with van der Waals surface area (Å²) in [6.45, 7) is 2.21. The minimum absolute atomic E-state index is 0.0783. The van der Waals surface area contributed by atoms with E-state index in [9.17, 15) is 23.1 Å². The fourth-order valence-electron chi connectivity index (χ4n) is 4.01. The van der Waals surface area contributed by atoms with Crippen molar-refractivity contribution in [3.05, 3.63) is 35.9 Å². The van der Waals surface area contributed by atoms with Gasteiger partial charge in [-0.25, -0.2) is 13.2 Å². The molecule has 1 unspecified atom stereocenters. The molecule has 1 aromatic rings.